The summed E-state index contributed by atoms with van der Waals surface area (Å²) in [5.74, 6) is -0.241. The van der Waals surface area contributed by atoms with Crippen LogP contribution in [0.4, 0.5) is 10.1 Å². The molecule has 0 atom stereocenters. The predicted molar refractivity (Wildman–Crippen MR) is 63.4 cm³/mol. The van der Waals surface area contributed by atoms with Gasteiger partial charge in [0.1, 0.15) is 5.52 Å². The zero-order chi connectivity index (χ0) is 11.9. The summed E-state index contributed by atoms with van der Waals surface area (Å²) in [5.41, 5.74) is 2.09. The molecule has 0 saturated heterocycles. The normalized spacial score (nSPS) is 12.1. The molecule has 0 aliphatic carbocycles. The Kier molecular flexibility index (Phi) is 2.37. The second-order valence-corrected chi connectivity index (χ2v) is 4.93. The molecule has 0 aliphatic heterocycles. The lowest BCUT2D eigenvalue weighted by atomic mass is 9.88. The smallest absolute Gasteiger partial charge is 0.151 e. The number of pyridine rings is 1. The molecule has 0 bridgehead atoms. The maximum atomic E-state index is 14.0. The number of hydrogen-bond donors (Lipinski definition) is 1. The largest absolute Gasteiger partial charge is 0.387 e. The second kappa shape index (κ2) is 3.47. The van der Waals surface area contributed by atoms with E-state index >= 15 is 0 Å². The van der Waals surface area contributed by atoms with Crippen LogP contribution in [0, 0.1) is 5.82 Å². The quantitative estimate of drug-likeness (QED) is 0.802. The van der Waals surface area contributed by atoms with Crippen molar-refractivity contribution in [3.05, 3.63) is 29.8 Å². The van der Waals surface area contributed by atoms with Gasteiger partial charge in [-0.25, -0.2) is 8.91 Å². The summed E-state index contributed by atoms with van der Waals surface area (Å²) in [5, 5.41) is 7.10. The highest BCUT2D eigenvalue weighted by Gasteiger charge is 2.21. The first-order valence-electron chi connectivity index (χ1n) is 5.28. The zero-order valence-corrected chi connectivity index (χ0v) is 10.0. The van der Waals surface area contributed by atoms with Crippen molar-refractivity contribution in [3.63, 3.8) is 0 Å². The lowest BCUT2D eigenvalue weighted by Crippen LogP contribution is -2.11. The van der Waals surface area contributed by atoms with Crippen LogP contribution < -0.4 is 5.32 Å². The Balaban J connectivity index is 2.74. The Bertz CT molecular complexity index is 523. The maximum Gasteiger partial charge on any atom is 0.151 e. The maximum absolute atomic E-state index is 14.0. The molecule has 16 heavy (non-hydrogen) atoms. The van der Waals surface area contributed by atoms with Crippen molar-refractivity contribution in [3.8, 4) is 0 Å². The van der Waals surface area contributed by atoms with E-state index < -0.39 is 0 Å². The summed E-state index contributed by atoms with van der Waals surface area (Å²) < 4.78 is 15.5. The van der Waals surface area contributed by atoms with Gasteiger partial charge in [-0.15, -0.1) is 0 Å². The van der Waals surface area contributed by atoms with E-state index in [-0.39, 0.29) is 11.2 Å². The summed E-state index contributed by atoms with van der Waals surface area (Å²) >= 11 is 0. The minimum Gasteiger partial charge on any atom is -0.387 e. The Morgan fingerprint density at radius 2 is 2.06 bits per heavy atom. The van der Waals surface area contributed by atoms with Gasteiger partial charge < -0.3 is 5.32 Å². The fourth-order valence-corrected chi connectivity index (χ4v) is 1.76. The minimum atomic E-state index is -0.241. The first-order chi connectivity index (χ1) is 7.43. The van der Waals surface area contributed by atoms with Gasteiger partial charge in [-0.3, -0.25) is 0 Å². The van der Waals surface area contributed by atoms with Gasteiger partial charge in [0.25, 0.3) is 0 Å². The van der Waals surface area contributed by atoms with Crippen LogP contribution in [0.3, 0.4) is 0 Å². The van der Waals surface area contributed by atoms with E-state index in [1.54, 1.807) is 24.0 Å². The van der Waals surface area contributed by atoms with Gasteiger partial charge in [-0.1, -0.05) is 20.8 Å². The standard InChI is InChI=1S/C12H16FN3/c1-12(2,3)9-6-15-16-7-8(14-4)5-10(13)11(9)16/h5-7,14H,1-4H3. The number of hydrogen-bond acceptors (Lipinski definition) is 2. The van der Waals surface area contributed by atoms with Crippen LogP contribution in [-0.2, 0) is 5.41 Å². The lowest BCUT2D eigenvalue weighted by molar-refractivity contribution is 0.585. The van der Waals surface area contributed by atoms with Crippen LogP contribution in [0.1, 0.15) is 26.3 Å². The van der Waals surface area contributed by atoms with E-state index in [9.17, 15) is 4.39 Å². The molecule has 2 aromatic rings. The number of fused-ring (bicyclic) bond motifs is 1. The summed E-state index contributed by atoms with van der Waals surface area (Å²) in [6.07, 6.45) is 3.52. The van der Waals surface area contributed by atoms with Crippen LogP contribution in [0.15, 0.2) is 18.5 Å². The van der Waals surface area contributed by atoms with Crippen LogP contribution >= 0.6 is 0 Å². The van der Waals surface area contributed by atoms with Crippen molar-refractivity contribution in [1.82, 2.24) is 9.61 Å². The van der Waals surface area contributed by atoms with E-state index in [2.05, 4.69) is 31.2 Å². The van der Waals surface area contributed by atoms with Gasteiger partial charge in [0, 0.05) is 18.7 Å². The average Bonchev–Trinajstić information content (AvgIpc) is 2.60. The Morgan fingerprint density at radius 3 is 2.62 bits per heavy atom. The van der Waals surface area contributed by atoms with Gasteiger partial charge >= 0.3 is 0 Å². The molecule has 2 rings (SSSR count). The number of rotatable bonds is 1. The van der Waals surface area contributed by atoms with Crippen LogP contribution in [0.25, 0.3) is 5.52 Å². The fourth-order valence-electron chi connectivity index (χ4n) is 1.76. The molecule has 3 nitrogen and oxygen atoms in total. The molecule has 2 heterocycles. The summed E-state index contributed by atoms with van der Waals surface area (Å²) in [4.78, 5) is 0. The molecule has 0 aliphatic rings. The van der Waals surface area contributed by atoms with Crippen molar-refractivity contribution < 1.29 is 4.39 Å². The Morgan fingerprint density at radius 1 is 1.38 bits per heavy atom. The number of halogens is 1. The van der Waals surface area contributed by atoms with Crippen molar-refractivity contribution in [1.29, 1.82) is 0 Å². The molecule has 86 valence electrons. The molecule has 0 aromatic carbocycles. The molecule has 4 heteroatoms. The van der Waals surface area contributed by atoms with Crippen LogP contribution in [-0.4, -0.2) is 16.7 Å². The summed E-state index contributed by atoms with van der Waals surface area (Å²) in [6.45, 7) is 6.15. The number of nitrogens with zero attached hydrogens (tertiary/aromatic N) is 2. The van der Waals surface area contributed by atoms with Crippen molar-refractivity contribution in [2.24, 2.45) is 0 Å². The molecular weight excluding hydrogens is 205 g/mol. The molecule has 2 aromatic heterocycles. The highest BCUT2D eigenvalue weighted by Crippen LogP contribution is 2.28. The summed E-state index contributed by atoms with van der Waals surface area (Å²) in [6, 6.07) is 1.49. The van der Waals surface area contributed by atoms with Crippen LogP contribution in [0.5, 0.6) is 0 Å². The highest BCUT2D eigenvalue weighted by atomic mass is 19.1. The minimum absolute atomic E-state index is 0.107. The van der Waals surface area contributed by atoms with E-state index in [0.29, 0.717) is 11.2 Å². The molecule has 0 unspecified atom stereocenters. The van der Waals surface area contributed by atoms with E-state index in [0.717, 1.165) is 5.56 Å². The van der Waals surface area contributed by atoms with E-state index in [4.69, 9.17) is 0 Å². The number of anilines is 1. The van der Waals surface area contributed by atoms with Gasteiger partial charge in [0.15, 0.2) is 5.82 Å². The zero-order valence-electron chi connectivity index (χ0n) is 10.0. The van der Waals surface area contributed by atoms with Gasteiger partial charge in [-0.2, -0.15) is 5.10 Å². The Hall–Kier alpha value is -1.58. The Labute approximate surface area is 94.3 Å². The van der Waals surface area contributed by atoms with E-state index in [1.165, 1.54) is 6.07 Å². The van der Waals surface area contributed by atoms with Gasteiger partial charge in [-0.05, 0) is 5.41 Å². The third kappa shape index (κ3) is 1.64. The van der Waals surface area contributed by atoms with Crippen molar-refractivity contribution >= 4 is 11.2 Å². The number of nitrogens with one attached hydrogen (secondary N) is 1. The molecule has 0 fully saturated rings. The van der Waals surface area contributed by atoms with Crippen LogP contribution in [0.2, 0.25) is 0 Å². The fraction of sp³-hybridized carbons (Fsp3) is 0.417. The topological polar surface area (TPSA) is 29.3 Å². The molecular formula is C12H16FN3. The lowest BCUT2D eigenvalue weighted by Gasteiger charge is -2.17. The third-order valence-corrected chi connectivity index (χ3v) is 2.66. The van der Waals surface area contributed by atoms with Crippen molar-refractivity contribution in [2.75, 3.05) is 12.4 Å². The molecule has 0 radical (unpaired) electrons. The summed E-state index contributed by atoms with van der Waals surface area (Å²) in [7, 11) is 1.76. The average molecular weight is 221 g/mol. The third-order valence-electron chi connectivity index (χ3n) is 2.66. The molecule has 0 spiro atoms. The second-order valence-electron chi connectivity index (χ2n) is 4.93. The first kappa shape index (κ1) is 10.9. The predicted octanol–water partition coefficient (Wildman–Crippen LogP) is 2.81. The SMILES string of the molecule is CNc1cc(F)c2c(C(C)(C)C)cnn2c1. The van der Waals surface area contributed by atoms with Gasteiger partial charge in [0.05, 0.1) is 18.1 Å². The van der Waals surface area contributed by atoms with E-state index in [1.807, 2.05) is 0 Å². The highest BCUT2D eigenvalue weighted by molar-refractivity contribution is 5.61. The van der Waals surface area contributed by atoms with Gasteiger partial charge in [0.2, 0.25) is 0 Å². The number of aromatic nitrogens is 2. The monoisotopic (exact) mass is 221 g/mol. The molecule has 1 N–H and O–H groups in total. The molecule has 0 amide bonds. The van der Waals surface area contributed by atoms with Crippen molar-refractivity contribution in [2.45, 2.75) is 26.2 Å². The first-order valence-corrected chi connectivity index (χ1v) is 5.28. The molecule has 0 saturated carbocycles.